The normalized spacial score (nSPS) is 13.0. The smallest absolute Gasteiger partial charge is 0.462 e. The molecule has 46 heavy (non-hydrogen) atoms. The van der Waals surface area contributed by atoms with E-state index in [1.807, 2.05) is 0 Å². The summed E-state index contributed by atoms with van der Waals surface area (Å²) >= 11 is 0. The first-order chi connectivity index (χ1) is 22.3. The van der Waals surface area contributed by atoms with Gasteiger partial charge < -0.3 is 19.3 Å². The molecule has 0 saturated heterocycles. The van der Waals surface area contributed by atoms with Gasteiger partial charge in [0.25, 0.3) is 0 Å². The summed E-state index contributed by atoms with van der Waals surface area (Å²) < 4.78 is 26.2. The van der Waals surface area contributed by atoms with Crippen molar-refractivity contribution in [3.8, 4) is 0 Å². The van der Waals surface area contributed by atoms with Crippen LogP contribution in [-0.4, -0.2) is 41.0 Å². The lowest BCUT2D eigenvalue weighted by Gasteiger charge is -2.18. The standard InChI is InChI=1S/C37H65O8P/c1-3-5-7-9-11-13-15-16-17-18-19-20-22-24-26-28-30-32-37(39)45-35(34-44-46(40,41)42)33-43-36(38)31-29-27-25-23-21-14-12-10-8-6-4-2/h5,7,11,13,16-17,19-20,35H,3-4,6,8-10,12,14-15,18,21-34H2,1-2H3,(H2,40,41,42)/b7-5-,13-11-,17-16-,20-19-/t35-/m1/s1. The lowest BCUT2D eigenvalue weighted by Crippen LogP contribution is -2.29. The summed E-state index contributed by atoms with van der Waals surface area (Å²) in [5.74, 6) is -0.916. The van der Waals surface area contributed by atoms with Crippen molar-refractivity contribution in [3.05, 3.63) is 48.6 Å². The molecule has 0 rings (SSSR count). The average Bonchev–Trinajstić information content (AvgIpc) is 3.02. The molecule has 0 fully saturated rings. The van der Waals surface area contributed by atoms with E-state index in [1.54, 1.807) is 0 Å². The Kier molecular flexibility index (Phi) is 31.5. The lowest BCUT2D eigenvalue weighted by molar-refractivity contribution is -0.161. The molecule has 0 radical (unpaired) electrons. The molecule has 0 aliphatic heterocycles. The quantitative estimate of drug-likeness (QED) is 0.0315. The summed E-state index contributed by atoms with van der Waals surface area (Å²) in [5.41, 5.74) is 0. The third-order valence-electron chi connectivity index (χ3n) is 7.36. The Balaban J connectivity index is 4.05. The molecule has 0 aromatic carbocycles. The van der Waals surface area contributed by atoms with Crippen molar-refractivity contribution in [2.24, 2.45) is 0 Å². The molecule has 2 N–H and O–H groups in total. The number of hydrogen-bond acceptors (Lipinski definition) is 6. The van der Waals surface area contributed by atoms with Crippen LogP contribution in [0.5, 0.6) is 0 Å². The molecule has 266 valence electrons. The van der Waals surface area contributed by atoms with Gasteiger partial charge in [-0.3, -0.25) is 14.1 Å². The molecule has 0 unspecified atom stereocenters. The number of phosphoric ester groups is 1. The monoisotopic (exact) mass is 668 g/mol. The number of carbonyl (C=O) groups is 2. The molecule has 0 aliphatic carbocycles. The van der Waals surface area contributed by atoms with E-state index in [0.717, 1.165) is 70.6 Å². The van der Waals surface area contributed by atoms with E-state index in [0.29, 0.717) is 6.42 Å². The summed E-state index contributed by atoms with van der Waals surface area (Å²) in [6.45, 7) is 3.52. The Morgan fingerprint density at radius 3 is 1.57 bits per heavy atom. The maximum Gasteiger partial charge on any atom is 0.469 e. The maximum absolute atomic E-state index is 12.3. The zero-order valence-corrected chi connectivity index (χ0v) is 29.9. The predicted molar refractivity (Wildman–Crippen MR) is 188 cm³/mol. The third-order valence-corrected chi connectivity index (χ3v) is 7.85. The molecular formula is C37H65O8P. The molecule has 0 heterocycles. The number of allylic oxidation sites excluding steroid dienone is 8. The van der Waals surface area contributed by atoms with Crippen molar-refractivity contribution in [2.45, 2.75) is 161 Å². The average molecular weight is 669 g/mol. The Labute approximate surface area is 280 Å². The second kappa shape index (κ2) is 32.9. The van der Waals surface area contributed by atoms with Gasteiger partial charge in [0.15, 0.2) is 6.10 Å². The van der Waals surface area contributed by atoms with Crippen molar-refractivity contribution in [1.29, 1.82) is 0 Å². The van der Waals surface area contributed by atoms with E-state index in [1.165, 1.54) is 51.4 Å². The van der Waals surface area contributed by atoms with Gasteiger partial charge in [-0.2, -0.15) is 0 Å². The molecule has 1 atom stereocenters. The van der Waals surface area contributed by atoms with Gasteiger partial charge >= 0.3 is 19.8 Å². The van der Waals surface area contributed by atoms with Crippen LogP contribution in [0, 0.1) is 0 Å². The van der Waals surface area contributed by atoms with Crippen LogP contribution < -0.4 is 0 Å². The number of phosphoric acid groups is 1. The molecule has 8 nitrogen and oxygen atoms in total. The Morgan fingerprint density at radius 2 is 1.04 bits per heavy atom. The minimum atomic E-state index is -4.75. The fraction of sp³-hybridized carbons (Fsp3) is 0.730. The SMILES string of the molecule is CC/C=C\C/C=C\C/C=C\C/C=C\CCCCCCC(=O)O[C@H](COC(=O)CCCCCCCCCCCCC)COP(=O)(O)O. The highest BCUT2D eigenvalue weighted by atomic mass is 31.2. The van der Waals surface area contributed by atoms with Crippen molar-refractivity contribution >= 4 is 19.8 Å². The topological polar surface area (TPSA) is 119 Å². The second-order valence-corrected chi connectivity index (χ2v) is 13.1. The third kappa shape index (κ3) is 34.9. The van der Waals surface area contributed by atoms with Crippen LogP contribution in [0.3, 0.4) is 0 Å². The Morgan fingerprint density at radius 1 is 0.587 bits per heavy atom. The fourth-order valence-corrected chi connectivity index (χ4v) is 5.08. The summed E-state index contributed by atoms with van der Waals surface area (Å²) in [6, 6.07) is 0. The molecular weight excluding hydrogens is 603 g/mol. The van der Waals surface area contributed by atoms with Gasteiger partial charge in [0.2, 0.25) is 0 Å². The first kappa shape index (κ1) is 44.0. The van der Waals surface area contributed by atoms with Crippen molar-refractivity contribution in [3.63, 3.8) is 0 Å². The number of unbranched alkanes of at least 4 members (excludes halogenated alkanes) is 14. The fourth-order valence-electron chi connectivity index (χ4n) is 4.72. The summed E-state index contributed by atoms with van der Waals surface area (Å²) in [7, 11) is -4.75. The Hall–Kier alpha value is -1.99. The van der Waals surface area contributed by atoms with E-state index in [9.17, 15) is 14.2 Å². The molecule has 0 aliphatic rings. The number of hydrogen-bond donors (Lipinski definition) is 2. The van der Waals surface area contributed by atoms with Gasteiger partial charge in [0.05, 0.1) is 6.61 Å². The van der Waals surface area contributed by atoms with Gasteiger partial charge in [-0.25, -0.2) is 4.57 Å². The first-order valence-electron chi connectivity index (χ1n) is 17.9. The van der Waals surface area contributed by atoms with E-state index >= 15 is 0 Å². The van der Waals surface area contributed by atoms with Crippen molar-refractivity contribution < 1.29 is 37.9 Å². The maximum atomic E-state index is 12.3. The molecule has 0 aromatic heterocycles. The highest BCUT2D eigenvalue weighted by molar-refractivity contribution is 7.46. The van der Waals surface area contributed by atoms with Crippen LogP contribution in [0.15, 0.2) is 48.6 Å². The van der Waals surface area contributed by atoms with Gasteiger partial charge in [0.1, 0.15) is 6.61 Å². The summed E-state index contributed by atoms with van der Waals surface area (Å²) in [5, 5.41) is 0. The molecule has 0 bridgehead atoms. The predicted octanol–water partition coefficient (Wildman–Crippen LogP) is 10.4. The van der Waals surface area contributed by atoms with Crippen LogP contribution in [0.1, 0.15) is 155 Å². The van der Waals surface area contributed by atoms with Crippen LogP contribution >= 0.6 is 7.82 Å². The van der Waals surface area contributed by atoms with Crippen LogP contribution in [-0.2, 0) is 28.2 Å². The molecule has 0 aromatic rings. The second-order valence-electron chi connectivity index (χ2n) is 11.8. The molecule has 0 saturated carbocycles. The summed E-state index contributed by atoms with van der Waals surface area (Å²) in [4.78, 5) is 42.6. The first-order valence-corrected chi connectivity index (χ1v) is 19.5. The number of rotatable bonds is 32. The molecule has 9 heteroatoms. The van der Waals surface area contributed by atoms with Gasteiger partial charge in [-0.1, -0.05) is 140 Å². The summed E-state index contributed by atoms with van der Waals surface area (Å²) in [6.07, 6.45) is 38.3. The van der Waals surface area contributed by atoms with Gasteiger partial charge in [0, 0.05) is 12.8 Å². The molecule has 0 amide bonds. The Bertz CT molecular complexity index is 890. The zero-order chi connectivity index (χ0) is 34.0. The highest BCUT2D eigenvalue weighted by Gasteiger charge is 2.22. The number of esters is 2. The van der Waals surface area contributed by atoms with E-state index < -0.39 is 32.5 Å². The van der Waals surface area contributed by atoms with Gasteiger partial charge in [-0.15, -0.1) is 0 Å². The van der Waals surface area contributed by atoms with E-state index in [-0.39, 0.29) is 19.4 Å². The zero-order valence-electron chi connectivity index (χ0n) is 29.0. The van der Waals surface area contributed by atoms with Crippen LogP contribution in [0.2, 0.25) is 0 Å². The number of carbonyl (C=O) groups excluding carboxylic acids is 2. The lowest BCUT2D eigenvalue weighted by atomic mass is 10.1. The molecule has 0 spiro atoms. The minimum absolute atomic E-state index is 0.184. The van der Waals surface area contributed by atoms with E-state index in [4.69, 9.17) is 19.3 Å². The minimum Gasteiger partial charge on any atom is -0.462 e. The van der Waals surface area contributed by atoms with Crippen LogP contribution in [0.25, 0.3) is 0 Å². The highest BCUT2D eigenvalue weighted by Crippen LogP contribution is 2.36. The van der Waals surface area contributed by atoms with E-state index in [2.05, 4.69) is 67.0 Å². The number of ether oxygens (including phenoxy) is 2. The van der Waals surface area contributed by atoms with Crippen molar-refractivity contribution in [1.82, 2.24) is 0 Å². The van der Waals surface area contributed by atoms with Crippen LogP contribution in [0.4, 0.5) is 0 Å². The largest absolute Gasteiger partial charge is 0.469 e. The van der Waals surface area contributed by atoms with Crippen molar-refractivity contribution in [2.75, 3.05) is 13.2 Å². The van der Waals surface area contributed by atoms with Gasteiger partial charge in [-0.05, 0) is 51.4 Å².